The Morgan fingerprint density at radius 1 is 1.12 bits per heavy atom. The molecule has 3 rings (SSSR count). The van der Waals surface area contributed by atoms with Crippen LogP contribution in [0.3, 0.4) is 0 Å². The fourth-order valence-corrected chi connectivity index (χ4v) is 3.97. The predicted octanol–water partition coefficient (Wildman–Crippen LogP) is 4.46. The maximum atomic E-state index is 2.47. The Hall–Kier alpha value is -0.780. The second-order valence-corrected chi connectivity index (χ2v) is 5.92. The highest BCUT2D eigenvalue weighted by atomic mass is 14.4. The molecule has 0 amide bonds. The van der Waals surface area contributed by atoms with Crippen LogP contribution in [-0.4, -0.2) is 0 Å². The highest BCUT2D eigenvalue weighted by Crippen LogP contribution is 2.47. The van der Waals surface area contributed by atoms with Crippen molar-refractivity contribution in [1.82, 2.24) is 0 Å². The molecule has 2 aliphatic carbocycles. The van der Waals surface area contributed by atoms with E-state index in [1.807, 2.05) is 0 Å². The van der Waals surface area contributed by atoms with Gasteiger partial charge in [-0.15, -0.1) is 0 Å². The van der Waals surface area contributed by atoms with Gasteiger partial charge in [-0.25, -0.2) is 0 Å². The summed E-state index contributed by atoms with van der Waals surface area (Å²) in [7, 11) is 0. The molecule has 3 atom stereocenters. The van der Waals surface area contributed by atoms with E-state index in [1.165, 1.54) is 37.7 Å². The van der Waals surface area contributed by atoms with Crippen LogP contribution in [0.2, 0.25) is 0 Å². The maximum absolute atomic E-state index is 2.47. The first-order valence-electron chi connectivity index (χ1n) is 6.85. The second-order valence-electron chi connectivity index (χ2n) is 5.92. The van der Waals surface area contributed by atoms with Gasteiger partial charge in [-0.05, 0) is 55.1 Å². The Bertz CT molecular complexity index is 391. The van der Waals surface area contributed by atoms with Crippen molar-refractivity contribution >= 4 is 0 Å². The second kappa shape index (κ2) is 3.91. The fourth-order valence-electron chi connectivity index (χ4n) is 3.97. The van der Waals surface area contributed by atoms with Gasteiger partial charge in [0.05, 0.1) is 0 Å². The first kappa shape index (κ1) is 10.4. The normalized spacial score (nSPS) is 33.0. The predicted molar refractivity (Wildman–Crippen MR) is 68.7 cm³/mol. The van der Waals surface area contributed by atoms with Crippen molar-refractivity contribution in [2.75, 3.05) is 0 Å². The summed E-state index contributed by atoms with van der Waals surface area (Å²) in [5, 5.41) is 0. The maximum Gasteiger partial charge on any atom is -0.0128 e. The summed E-state index contributed by atoms with van der Waals surface area (Å²) in [6.07, 6.45) is 7.09. The van der Waals surface area contributed by atoms with Crippen molar-refractivity contribution in [1.29, 1.82) is 0 Å². The Labute approximate surface area is 99.1 Å². The van der Waals surface area contributed by atoms with Crippen LogP contribution in [0.5, 0.6) is 0 Å². The molecule has 0 aliphatic heterocycles. The molecule has 1 fully saturated rings. The third-order valence-corrected chi connectivity index (χ3v) is 4.87. The molecule has 16 heavy (non-hydrogen) atoms. The van der Waals surface area contributed by atoms with E-state index in [0.717, 1.165) is 17.8 Å². The van der Waals surface area contributed by atoms with Crippen LogP contribution in [0.25, 0.3) is 0 Å². The van der Waals surface area contributed by atoms with Gasteiger partial charge in [0.15, 0.2) is 0 Å². The fraction of sp³-hybridized carbons (Fsp3) is 0.625. The van der Waals surface area contributed by atoms with Crippen molar-refractivity contribution in [2.24, 2.45) is 11.8 Å². The minimum absolute atomic E-state index is 0.882. The molecule has 0 nitrogen and oxygen atoms in total. The minimum atomic E-state index is 0.882. The van der Waals surface area contributed by atoms with Gasteiger partial charge >= 0.3 is 0 Å². The average molecular weight is 214 g/mol. The molecule has 0 spiro atoms. The van der Waals surface area contributed by atoms with Gasteiger partial charge in [0.1, 0.15) is 0 Å². The van der Waals surface area contributed by atoms with Crippen LogP contribution >= 0.6 is 0 Å². The van der Waals surface area contributed by atoms with E-state index in [2.05, 4.69) is 32.0 Å². The first-order chi connectivity index (χ1) is 7.75. The third kappa shape index (κ3) is 1.59. The van der Waals surface area contributed by atoms with Gasteiger partial charge in [-0.2, -0.15) is 0 Å². The highest BCUT2D eigenvalue weighted by molar-refractivity contribution is 5.37. The van der Waals surface area contributed by atoms with E-state index in [-0.39, 0.29) is 0 Å². The van der Waals surface area contributed by atoms with Gasteiger partial charge in [0.2, 0.25) is 0 Å². The van der Waals surface area contributed by atoms with Crippen LogP contribution in [-0.2, 0) is 6.42 Å². The lowest BCUT2D eigenvalue weighted by molar-refractivity contribution is 0.195. The van der Waals surface area contributed by atoms with Gasteiger partial charge in [-0.3, -0.25) is 0 Å². The van der Waals surface area contributed by atoms with Crippen molar-refractivity contribution in [3.05, 3.63) is 34.9 Å². The number of hydrogen-bond donors (Lipinski definition) is 0. The van der Waals surface area contributed by atoms with Crippen LogP contribution in [0, 0.1) is 18.8 Å². The van der Waals surface area contributed by atoms with E-state index in [4.69, 9.17) is 0 Å². The summed E-state index contributed by atoms with van der Waals surface area (Å²) in [5.74, 6) is 2.81. The molecule has 2 aliphatic rings. The number of benzene rings is 1. The molecule has 0 radical (unpaired) electrons. The first-order valence-corrected chi connectivity index (χ1v) is 6.85. The highest BCUT2D eigenvalue weighted by Gasteiger charge is 2.35. The lowest BCUT2D eigenvalue weighted by Crippen LogP contribution is -2.29. The lowest BCUT2D eigenvalue weighted by atomic mass is 9.64. The molecule has 0 aromatic heterocycles. The van der Waals surface area contributed by atoms with Crippen LogP contribution < -0.4 is 0 Å². The lowest BCUT2D eigenvalue weighted by Gasteiger charge is -2.41. The van der Waals surface area contributed by atoms with Gasteiger partial charge in [-0.1, -0.05) is 43.5 Å². The summed E-state index contributed by atoms with van der Waals surface area (Å²) in [5.41, 5.74) is 4.78. The standard InChI is InChI=1S/C16H22/c1-11-6-7-13-8-9-14-12(2)4-3-5-15(14)16(13)10-11/h6-7,10,12,14-15H,3-5,8-9H2,1-2H3/t12-,14+,15?/m0/s1. The van der Waals surface area contributed by atoms with Crippen molar-refractivity contribution in [3.8, 4) is 0 Å². The molecule has 0 bridgehead atoms. The molecule has 1 aromatic carbocycles. The van der Waals surface area contributed by atoms with Crippen LogP contribution in [0.15, 0.2) is 18.2 Å². The van der Waals surface area contributed by atoms with E-state index in [9.17, 15) is 0 Å². The zero-order valence-corrected chi connectivity index (χ0v) is 10.5. The molecule has 1 saturated carbocycles. The van der Waals surface area contributed by atoms with Crippen LogP contribution in [0.4, 0.5) is 0 Å². The summed E-state index contributed by atoms with van der Waals surface area (Å²) < 4.78 is 0. The molecule has 0 saturated heterocycles. The molecule has 0 N–H and O–H groups in total. The number of fused-ring (bicyclic) bond motifs is 3. The zero-order valence-electron chi connectivity index (χ0n) is 10.5. The zero-order chi connectivity index (χ0) is 11.1. The topological polar surface area (TPSA) is 0 Å². The number of aryl methyl sites for hydroxylation is 2. The Kier molecular flexibility index (Phi) is 2.53. The molecule has 86 valence electrons. The van der Waals surface area contributed by atoms with E-state index in [0.29, 0.717) is 0 Å². The van der Waals surface area contributed by atoms with Crippen molar-refractivity contribution in [3.63, 3.8) is 0 Å². The van der Waals surface area contributed by atoms with E-state index < -0.39 is 0 Å². The quantitative estimate of drug-likeness (QED) is 0.598. The van der Waals surface area contributed by atoms with E-state index in [1.54, 1.807) is 11.1 Å². The monoisotopic (exact) mass is 214 g/mol. The Morgan fingerprint density at radius 2 is 2.00 bits per heavy atom. The summed E-state index contributed by atoms with van der Waals surface area (Å²) in [6.45, 7) is 4.70. The summed E-state index contributed by atoms with van der Waals surface area (Å²) in [4.78, 5) is 0. The van der Waals surface area contributed by atoms with Gasteiger partial charge in [0.25, 0.3) is 0 Å². The number of rotatable bonds is 0. The molecular formula is C16H22. The molecule has 1 unspecified atom stereocenters. The molecular weight excluding hydrogens is 192 g/mol. The van der Waals surface area contributed by atoms with Crippen molar-refractivity contribution < 1.29 is 0 Å². The van der Waals surface area contributed by atoms with Gasteiger partial charge < -0.3 is 0 Å². The largest absolute Gasteiger partial charge is 0.0622 e. The van der Waals surface area contributed by atoms with Crippen molar-refractivity contribution in [2.45, 2.75) is 51.9 Å². The third-order valence-electron chi connectivity index (χ3n) is 4.87. The van der Waals surface area contributed by atoms with E-state index >= 15 is 0 Å². The molecule has 1 aromatic rings. The summed E-state index contributed by atoms with van der Waals surface area (Å²) in [6, 6.07) is 7.12. The van der Waals surface area contributed by atoms with Gasteiger partial charge in [0, 0.05) is 0 Å². The Morgan fingerprint density at radius 3 is 2.88 bits per heavy atom. The summed E-state index contributed by atoms with van der Waals surface area (Å²) >= 11 is 0. The average Bonchev–Trinajstić information content (AvgIpc) is 2.29. The molecule has 0 heteroatoms. The molecule has 0 heterocycles. The SMILES string of the molecule is Cc1ccc2c(c1)C1CCC[C@H](C)[C@H]1CC2. The smallest absolute Gasteiger partial charge is 0.0128 e. The van der Waals surface area contributed by atoms with Crippen LogP contribution in [0.1, 0.15) is 55.2 Å². The Balaban J connectivity index is 2.01. The minimum Gasteiger partial charge on any atom is -0.0622 e. The number of hydrogen-bond acceptors (Lipinski definition) is 0.